The number of hydrogen-bond acceptors (Lipinski definition) is 14. The fourth-order valence-corrected chi connectivity index (χ4v) is 8.71. The van der Waals surface area contributed by atoms with Crippen molar-refractivity contribution in [2.24, 2.45) is 7.05 Å². The van der Waals surface area contributed by atoms with E-state index in [0.717, 1.165) is 94.3 Å². The maximum Gasteiger partial charge on any atom is 0.231 e. The van der Waals surface area contributed by atoms with Crippen LogP contribution in [-0.4, -0.2) is 65.9 Å². The molecule has 70 heavy (non-hydrogen) atoms. The second-order valence-electron chi connectivity index (χ2n) is 18.7. The zero-order valence-electron chi connectivity index (χ0n) is 42.0. The zero-order valence-corrected chi connectivity index (χ0v) is 42.0. The number of aromatic nitrogens is 8. The number of ether oxygens (including phenoxy) is 2. The lowest BCUT2D eigenvalue weighted by Crippen LogP contribution is -2.25. The standard InChI is InChI=1S/2C19H21N3O2.C17H21N5/c1-11-8-17-18(21-13(3)22-19(17)24-11)20-12(2)14-4-6-15(7-5-14)16-9-23-10-16;1-11-7-17-18(21-13(3)22-19(17)24-11)20-12(2)14-5-4-6-15(8-14)16-9-23-10-16;1-10-11(2)19-13(4)21-17(10)20-12(3)14-6-7-16-15(8-14)18-9-22(16)5/h2*4-8,12,16H,9-10H2,1-3H3,(H,20,21,22);6-9,12H,1-5H3,(H,19,20,21). The molecule has 15 nitrogen and oxygen atoms in total. The third-order valence-electron chi connectivity index (χ3n) is 13.1. The van der Waals surface area contributed by atoms with Gasteiger partial charge in [-0.25, -0.2) is 24.9 Å². The number of nitrogens with zero attached hydrogens (tertiary/aromatic N) is 8. The topological polar surface area (TPSA) is 176 Å². The second kappa shape index (κ2) is 20.4. The van der Waals surface area contributed by atoms with Gasteiger partial charge < -0.3 is 38.8 Å². The molecule has 15 heteroatoms. The van der Waals surface area contributed by atoms with Crippen LogP contribution in [0.2, 0.25) is 0 Å². The first-order valence-electron chi connectivity index (χ1n) is 24.0. The Morgan fingerprint density at radius 1 is 0.529 bits per heavy atom. The molecule has 3 aromatic carbocycles. The molecule has 362 valence electrons. The number of nitrogens with one attached hydrogen (secondary N) is 3. The van der Waals surface area contributed by atoms with E-state index in [9.17, 15) is 0 Å². The van der Waals surface area contributed by atoms with Crippen LogP contribution < -0.4 is 16.0 Å². The molecule has 2 aliphatic rings. The van der Waals surface area contributed by atoms with E-state index in [1.165, 1.54) is 27.8 Å². The first-order valence-corrected chi connectivity index (χ1v) is 24.0. The third kappa shape index (κ3) is 10.7. The number of imidazole rings is 1. The van der Waals surface area contributed by atoms with Crippen LogP contribution >= 0.6 is 0 Å². The van der Waals surface area contributed by atoms with Crippen molar-refractivity contribution in [2.45, 2.75) is 99.2 Å². The van der Waals surface area contributed by atoms with Gasteiger partial charge in [0.2, 0.25) is 11.4 Å². The summed E-state index contributed by atoms with van der Waals surface area (Å²) in [5.74, 6) is 7.50. The van der Waals surface area contributed by atoms with Crippen LogP contribution in [0.15, 0.2) is 94.0 Å². The van der Waals surface area contributed by atoms with Crippen LogP contribution in [0.25, 0.3) is 33.2 Å². The van der Waals surface area contributed by atoms with Crippen molar-refractivity contribution in [1.29, 1.82) is 0 Å². The van der Waals surface area contributed by atoms with Crippen LogP contribution in [0.3, 0.4) is 0 Å². The molecule has 0 saturated carbocycles. The van der Waals surface area contributed by atoms with Crippen LogP contribution in [0.5, 0.6) is 0 Å². The Hall–Kier alpha value is -7.23. The van der Waals surface area contributed by atoms with Gasteiger partial charge in [-0.3, -0.25) is 0 Å². The molecule has 0 radical (unpaired) electrons. The van der Waals surface area contributed by atoms with Crippen molar-refractivity contribution >= 4 is 50.7 Å². The van der Waals surface area contributed by atoms with Crippen LogP contribution in [0.1, 0.15) is 119 Å². The Balaban J connectivity index is 0.000000131. The van der Waals surface area contributed by atoms with Crippen molar-refractivity contribution in [3.8, 4) is 0 Å². The summed E-state index contributed by atoms with van der Waals surface area (Å²) in [6, 6.07) is 28.2. The molecule has 9 aromatic rings. The summed E-state index contributed by atoms with van der Waals surface area (Å²) in [6.45, 7) is 23.3. The van der Waals surface area contributed by atoms with Crippen LogP contribution in [-0.2, 0) is 16.5 Å². The van der Waals surface area contributed by atoms with E-state index in [4.69, 9.17) is 18.3 Å². The first-order chi connectivity index (χ1) is 33.6. The van der Waals surface area contributed by atoms with Gasteiger partial charge in [0.1, 0.15) is 46.4 Å². The summed E-state index contributed by atoms with van der Waals surface area (Å²) in [5, 5.41) is 12.4. The lowest BCUT2D eigenvalue weighted by Gasteiger charge is -2.27. The SMILES string of the molecule is Cc1nc(C)c(C)c(NC(C)c2ccc3c(c2)ncn3C)n1.Cc1nc(NC(C)c2ccc(C3COC3)cc2)c2cc(C)oc2n1.Cc1nc(NC(C)c2cccc(C3COC3)c2)c2cc(C)oc2n1. The lowest BCUT2D eigenvalue weighted by molar-refractivity contribution is 0.00835. The molecular weight excluding hydrogens is 879 g/mol. The van der Waals surface area contributed by atoms with E-state index in [0.29, 0.717) is 34.9 Å². The predicted molar refractivity (Wildman–Crippen MR) is 276 cm³/mol. The Morgan fingerprint density at radius 3 is 1.60 bits per heavy atom. The van der Waals surface area contributed by atoms with Gasteiger partial charge in [-0.1, -0.05) is 54.6 Å². The van der Waals surface area contributed by atoms with Gasteiger partial charge in [-0.15, -0.1) is 0 Å². The van der Waals surface area contributed by atoms with Gasteiger partial charge in [0, 0.05) is 42.2 Å². The number of rotatable bonds is 11. The molecule has 8 heterocycles. The fourth-order valence-electron chi connectivity index (χ4n) is 8.71. The van der Waals surface area contributed by atoms with Gasteiger partial charge in [-0.05, 0) is 121 Å². The highest BCUT2D eigenvalue weighted by atomic mass is 16.5. The summed E-state index contributed by atoms with van der Waals surface area (Å²) in [5.41, 5.74) is 11.9. The summed E-state index contributed by atoms with van der Waals surface area (Å²) in [6.07, 6.45) is 1.84. The van der Waals surface area contributed by atoms with Crippen molar-refractivity contribution in [3.05, 3.63) is 153 Å². The van der Waals surface area contributed by atoms with Crippen molar-refractivity contribution in [3.63, 3.8) is 0 Å². The number of furan rings is 2. The average Bonchev–Trinajstić information content (AvgIpc) is 3.99. The molecule has 0 aliphatic carbocycles. The normalized spacial score (nSPS) is 15.0. The first kappa shape index (κ1) is 47.8. The number of hydrogen-bond donors (Lipinski definition) is 3. The monoisotopic (exact) mass is 942 g/mol. The van der Waals surface area contributed by atoms with Crippen molar-refractivity contribution < 1.29 is 18.3 Å². The summed E-state index contributed by atoms with van der Waals surface area (Å²) >= 11 is 0. The highest BCUT2D eigenvalue weighted by Gasteiger charge is 2.23. The second-order valence-corrected chi connectivity index (χ2v) is 18.7. The van der Waals surface area contributed by atoms with Gasteiger partial charge in [0.05, 0.1) is 60.6 Å². The Labute approximate surface area is 408 Å². The molecule has 2 saturated heterocycles. The smallest absolute Gasteiger partial charge is 0.231 e. The van der Waals surface area contributed by atoms with Crippen molar-refractivity contribution in [2.75, 3.05) is 42.4 Å². The molecule has 0 amide bonds. The number of anilines is 3. The van der Waals surface area contributed by atoms with Gasteiger partial charge in [-0.2, -0.15) is 9.97 Å². The molecule has 6 aromatic heterocycles. The molecule has 2 fully saturated rings. The Kier molecular flexibility index (Phi) is 13.9. The zero-order chi connectivity index (χ0) is 49.2. The number of aryl methyl sites for hydroxylation is 7. The largest absolute Gasteiger partial charge is 0.443 e. The Bertz CT molecular complexity index is 3280. The molecule has 2 aliphatic heterocycles. The van der Waals surface area contributed by atoms with Crippen LogP contribution in [0, 0.1) is 48.5 Å². The highest BCUT2D eigenvalue weighted by molar-refractivity contribution is 5.87. The van der Waals surface area contributed by atoms with E-state index >= 15 is 0 Å². The van der Waals surface area contributed by atoms with Gasteiger partial charge >= 0.3 is 0 Å². The third-order valence-corrected chi connectivity index (χ3v) is 13.1. The van der Waals surface area contributed by atoms with Crippen molar-refractivity contribution in [1.82, 2.24) is 39.5 Å². The molecular formula is C55H63N11O4. The Morgan fingerprint density at radius 2 is 1.03 bits per heavy atom. The number of benzene rings is 3. The molecule has 0 bridgehead atoms. The maximum atomic E-state index is 5.64. The highest BCUT2D eigenvalue weighted by Crippen LogP contribution is 2.32. The fraction of sp³-hybridized carbons (Fsp3) is 0.364. The van der Waals surface area contributed by atoms with E-state index in [2.05, 4.69) is 138 Å². The minimum absolute atomic E-state index is 0.138. The number of fused-ring (bicyclic) bond motifs is 3. The molecule has 11 rings (SSSR count). The minimum atomic E-state index is 0.138. The van der Waals surface area contributed by atoms with Gasteiger partial charge in [0.25, 0.3) is 0 Å². The van der Waals surface area contributed by atoms with E-state index < -0.39 is 0 Å². The molecule has 3 atom stereocenters. The predicted octanol–water partition coefficient (Wildman–Crippen LogP) is 11.7. The summed E-state index contributed by atoms with van der Waals surface area (Å²) < 4.78 is 23.9. The lowest BCUT2D eigenvalue weighted by atomic mass is 9.94. The van der Waals surface area contributed by atoms with E-state index in [1.54, 1.807) is 0 Å². The average molecular weight is 942 g/mol. The summed E-state index contributed by atoms with van der Waals surface area (Å²) in [7, 11) is 2.01. The van der Waals surface area contributed by atoms with E-state index in [-0.39, 0.29) is 18.1 Å². The quantitative estimate of drug-likeness (QED) is 0.112. The summed E-state index contributed by atoms with van der Waals surface area (Å²) in [4.78, 5) is 31.2. The molecule has 3 unspecified atom stereocenters. The minimum Gasteiger partial charge on any atom is -0.443 e. The molecule has 0 spiro atoms. The van der Waals surface area contributed by atoms with E-state index in [1.807, 2.05) is 78.5 Å². The van der Waals surface area contributed by atoms with Crippen LogP contribution in [0.4, 0.5) is 17.5 Å². The van der Waals surface area contributed by atoms with Gasteiger partial charge in [0.15, 0.2) is 0 Å². The maximum absolute atomic E-state index is 5.64. The molecule has 3 N–H and O–H groups in total.